The summed E-state index contributed by atoms with van der Waals surface area (Å²) in [7, 11) is -5.91. The Morgan fingerprint density at radius 2 is 1.67 bits per heavy atom. The van der Waals surface area contributed by atoms with Gasteiger partial charge < -0.3 is 9.73 Å². The number of anilines is 1. The first-order valence-corrected chi connectivity index (χ1v) is 14.6. The summed E-state index contributed by atoms with van der Waals surface area (Å²) in [5, 5.41) is 2.68. The van der Waals surface area contributed by atoms with Gasteiger partial charge in [0.25, 0.3) is 5.91 Å². The topological polar surface area (TPSA) is 126 Å². The summed E-state index contributed by atoms with van der Waals surface area (Å²) in [6.07, 6.45) is 6.26. The SMILES string of the molecule is CN(C1CCCCC1)S(=O)(=O)c1cccc(C(=O)Nc2ccc(S(=O)(=O)NCc3ccco3)cc2)c1. The number of amides is 1. The van der Waals surface area contributed by atoms with Gasteiger partial charge in [0.05, 0.1) is 22.6 Å². The van der Waals surface area contributed by atoms with Crippen LogP contribution in [-0.4, -0.2) is 40.1 Å². The maximum atomic E-state index is 13.1. The lowest BCUT2D eigenvalue weighted by atomic mass is 9.96. The smallest absolute Gasteiger partial charge is 0.255 e. The molecule has 0 saturated heterocycles. The number of carbonyl (C=O) groups excluding carboxylic acids is 1. The molecule has 0 bridgehead atoms. The van der Waals surface area contributed by atoms with Crippen molar-refractivity contribution in [2.24, 2.45) is 0 Å². The van der Waals surface area contributed by atoms with Crippen LogP contribution in [0.25, 0.3) is 0 Å². The van der Waals surface area contributed by atoms with Gasteiger partial charge in [-0.2, -0.15) is 4.31 Å². The Morgan fingerprint density at radius 3 is 2.33 bits per heavy atom. The monoisotopic (exact) mass is 531 g/mol. The fourth-order valence-electron chi connectivity index (χ4n) is 4.19. The lowest BCUT2D eigenvalue weighted by Crippen LogP contribution is -2.38. The van der Waals surface area contributed by atoms with Gasteiger partial charge in [0.15, 0.2) is 0 Å². The fourth-order valence-corrected chi connectivity index (χ4v) is 6.64. The van der Waals surface area contributed by atoms with Crippen LogP contribution in [0.2, 0.25) is 0 Å². The zero-order valence-corrected chi connectivity index (χ0v) is 21.5. The lowest BCUT2D eigenvalue weighted by Gasteiger charge is -2.30. The van der Waals surface area contributed by atoms with E-state index in [1.54, 1.807) is 19.2 Å². The highest BCUT2D eigenvalue weighted by molar-refractivity contribution is 7.89. The molecule has 192 valence electrons. The van der Waals surface area contributed by atoms with Crippen molar-refractivity contribution >= 4 is 31.6 Å². The van der Waals surface area contributed by atoms with Crippen LogP contribution in [0.15, 0.2) is 81.1 Å². The Balaban J connectivity index is 1.43. The molecular weight excluding hydrogens is 502 g/mol. The minimum Gasteiger partial charge on any atom is -0.468 e. The lowest BCUT2D eigenvalue weighted by molar-refractivity contribution is 0.102. The molecule has 9 nitrogen and oxygen atoms in total. The minimum absolute atomic E-state index is 0.0169. The van der Waals surface area contributed by atoms with Crippen molar-refractivity contribution in [2.75, 3.05) is 12.4 Å². The number of nitrogens with zero attached hydrogens (tertiary/aromatic N) is 1. The van der Waals surface area contributed by atoms with Gasteiger partial charge in [-0.25, -0.2) is 21.6 Å². The van der Waals surface area contributed by atoms with Gasteiger partial charge in [-0.05, 0) is 67.4 Å². The fraction of sp³-hybridized carbons (Fsp3) is 0.320. The van der Waals surface area contributed by atoms with Crippen LogP contribution in [-0.2, 0) is 26.6 Å². The summed E-state index contributed by atoms with van der Waals surface area (Å²) in [6, 6.07) is 14.9. The molecule has 11 heteroatoms. The second kappa shape index (κ2) is 11.0. The predicted molar refractivity (Wildman–Crippen MR) is 135 cm³/mol. The molecule has 0 atom stereocenters. The van der Waals surface area contributed by atoms with Crippen LogP contribution in [0, 0.1) is 0 Å². The van der Waals surface area contributed by atoms with Crippen molar-refractivity contribution in [3.05, 3.63) is 78.3 Å². The van der Waals surface area contributed by atoms with Crippen molar-refractivity contribution in [3.8, 4) is 0 Å². The van der Waals surface area contributed by atoms with Crippen LogP contribution in [0.1, 0.15) is 48.2 Å². The van der Waals surface area contributed by atoms with E-state index in [0.29, 0.717) is 11.4 Å². The number of furan rings is 1. The average molecular weight is 532 g/mol. The molecule has 3 aromatic rings. The summed E-state index contributed by atoms with van der Waals surface area (Å²) < 4.78 is 60.3. The van der Waals surface area contributed by atoms with Crippen molar-refractivity contribution in [1.29, 1.82) is 0 Å². The highest BCUT2D eigenvalue weighted by atomic mass is 32.2. The first-order valence-electron chi connectivity index (χ1n) is 11.7. The molecule has 0 radical (unpaired) electrons. The summed E-state index contributed by atoms with van der Waals surface area (Å²) in [4.78, 5) is 12.9. The highest BCUT2D eigenvalue weighted by Crippen LogP contribution is 2.27. The molecule has 0 unspecified atom stereocenters. The normalized spacial score (nSPS) is 15.2. The Labute approximate surface area is 211 Å². The Hall–Kier alpha value is -2.99. The predicted octanol–water partition coefficient (Wildman–Crippen LogP) is 3.96. The number of benzene rings is 2. The molecule has 1 saturated carbocycles. The number of hydrogen-bond acceptors (Lipinski definition) is 6. The number of rotatable bonds is 9. The first kappa shape index (κ1) is 26.1. The van der Waals surface area contributed by atoms with E-state index in [2.05, 4.69) is 10.0 Å². The van der Waals surface area contributed by atoms with Gasteiger partial charge >= 0.3 is 0 Å². The van der Waals surface area contributed by atoms with E-state index in [1.807, 2.05) is 0 Å². The van der Waals surface area contributed by atoms with Crippen LogP contribution >= 0.6 is 0 Å². The molecule has 1 fully saturated rings. The van der Waals surface area contributed by atoms with Gasteiger partial charge in [0.2, 0.25) is 20.0 Å². The molecular formula is C25H29N3O6S2. The molecule has 1 aliphatic carbocycles. The van der Waals surface area contributed by atoms with E-state index >= 15 is 0 Å². The van der Waals surface area contributed by atoms with Gasteiger partial charge in [-0.15, -0.1) is 0 Å². The Kier molecular flexibility index (Phi) is 7.94. The number of nitrogens with one attached hydrogen (secondary N) is 2. The maximum absolute atomic E-state index is 13.1. The van der Waals surface area contributed by atoms with E-state index in [-0.39, 0.29) is 27.9 Å². The third-order valence-electron chi connectivity index (χ3n) is 6.30. The summed E-state index contributed by atoms with van der Waals surface area (Å²) in [5.41, 5.74) is 0.558. The van der Waals surface area contributed by atoms with E-state index < -0.39 is 26.0 Å². The second-order valence-corrected chi connectivity index (χ2v) is 12.5. The van der Waals surface area contributed by atoms with Crippen molar-refractivity contribution in [1.82, 2.24) is 9.03 Å². The summed E-state index contributed by atoms with van der Waals surface area (Å²) in [5.74, 6) is -0.0180. The van der Waals surface area contributed by atoms with E-state index in [4.69, 9.17) is 4.42 Å². The van der Waals surface area contributed by atoms with Crippen molar-refractivity contribution in [2.45, 2.75) is 54.5 Å². The Bertz CT molecular complexity index is 1400. The van der Waals surface area contributed by atoms with Gasteiger partial charge in [0.1, 0.15) is 5.76 Å². The molecule has 4 rings (SSSR count). The minimum atomic E-state index is -3.77. The zero-order chi connectivity index (χ0) is 25.8. The molecule has 1 aromatic heterocycles. The van der Waals surface area contributed by atoms with Gasteiger partial charge in [0, 0.05) is 24.3 Å². The summed E-state index contributed by atoms with van der Waals surface area (Å²) in [6.45, 7) is 0.0169. The van der Waals surface area contributed by atoms with Crippen LogP contribution < -0.4 is 10.0 Å². The molecule has 2 aromatic carbocycles. The molecule has 0 spiro atoms. The second-order valence-electron chi connectivity index (χ2n) is 8.72. The largest absolute Gasteiger partial charge is 0.468 e. The van der Waals surface area contributed by atoms with Crippen LogP contribution in [0.5, 0.6) is 0 Å². The highest BCUT2D eigenvalue weighted by Gasteiger charge is 2.29. The molecule has 1 heterocycles. The third-order valence-corrected chi connectivity index (χ3v) is 9.62. The number of hydrogen-bond donors (Lipinski definition) is 2. The Morgan fingerprint density at radius 1 is 0.944 bits per heavy atom. The van der Waals surface area contributed by atoms with E-state index in [9.17, 15) is 21.6 Å². The molecule has 0 aliphatic heterocycles. The summed E-state index contributed by atoms with van der Waals surface area (Å²) >= 11 is 0. The standard InChI is InChI=1S/C25H29N3O6S2/c1-28(21-8-3-2-4-9-21)36(32,33)24-11-5-7-19(17-24)25(29)27-20-12-14-23(15-13-20)35(30,31)26-18-22-10-6-16-34-22/h5-7,10-17,21,26H,2-4,8-9,18H2,1H3,(H,27,29). The molecule has 1 amide bonds. The third kappa shape index (κ3) is 6.04. The van der Waals surface area contributed by atoms with E-state index in [0.717, 1.165) is 32.1 Å². The first-order chi connectivity index (χ1) is 17.2. The molecule has 1 aliphatic rings. The molecule has 2 N–H and O–H groups in total. The van der Waals surface area contributed by atoms with Crippen LogP contribution in [0.3, 0.4) is 0 Å². The number of carbonyl (C=O) groups is 1. The van der Waals surface area contributed by atoms with E-state index in [1.165, 1.54) is 59.1 Å². The van der Waals surface area contributed by atoms with Crippen LogP contribution in [0.4, 0.5) is 5.69 Å². The zero-order valence-electron chi connectivity index (χ0n) is 19.9. The van der Waals surface area contributed by atoms with Gasteiger partial charge in [-0.1, -0.05) is 25.3 Å². The molecule has 36 heavy (non-hydrogen) atoms. The van der Waals surface area contributed by atoms with Crippen molar-refractivity contribution in [3.63, 3.8) is 0 Å². The quantitative estimate of drug-likeness (QED) is 0.430. The van der Waals surface area contributed by atoms with Crippen molar-refractivity contribution < 1.29 is 26.0 Å². The maximum Gasteiger partial charge on any atom is 0.255 e. The number of sulfonamides is 2. The average Bonchev–Trinajstić information content (AvgIpc) is 3.42. The van der Waals surface area contributed by atoms with Gasteiger partial charge in [-0.3, -0.25) is 4.79 Å².